The highest BCUT2D eigenvalue weighted by molar-refractivity contribution is 7.99. The van der Waals surface area contributed by atoms with Crippen LogP contribution in [0.25, 0.3) is 0 Å². The molecule has 0 unspecified atom stereocenters. The summed E-state index contributed by atoms with van der Waals surface area (Å²) in [5, 5.41) is 19.6. The van der Waals surface area contributed by atoms with E-state index >= 15 is 0 Å². The minimum Gasteiger partial charge on any atom is -0.309 e. The van der Waals surface area contributed by atoms with Crippen molar-refractivity contribution in [1.29, 1.82) is 0 Å². The van der Waals surface area contributed by atoms with Gasteiger partial charge >= 0.3 is 0 Å². The van der Waals surface area contributed by atoms with Crippen molar-refractivity contribution in [2.75, 3.05) is 0 Å². The summed E-state index contributed by atoms with van der Waals surface area (Å²) in [5.41, 5.74) is 1.02. The Morgan fingerprint density at radius 1 is 1.53 bits per heavy atom. The molecule has 100 valence electrons. The van der Waals surface area contributed by atoms with Gasteiger partial charge in [-0.05, 0) is 19.4 Å². The minimum absolute atomic E-state index is 0.0781. The van der Waals surface area contributed by atoms with Crippen molar-refractivity contribution in [2.24, 2.45) is 0 Å². The third-order valence-corrected chi connectivity index (χ3v) is 3.91. The second-order valence-corrected chi connectivity index (χ2v) is 5.32. The average molecular weight is 278 g/mol. The maximum Gasteiger partial charge on any atom is 0.269 e. The van der Waals surface area contributed by atoms with Gasteiger partial charge in [-0.3, -0.25) is 10.1 Å². The van der Waals surface area contributed by atoms with E-state index in [1.54, 1.807) is 30.2 Å². The highest BCUT2D eigenvalue weighted by atomic mass is 32.2. The molecule has 7 heteroatoms. The van der Waals surface area contributed by atoms with Crippen LogP contribution in [-0.4, -0.2) is 19.7 Å². The summed E-state index contributed by atoms with van der Waals surface area (Å²) in [7, 11) is 0. The van der Waals surface area contributed by atoms with Gasteiger partial charge in [0.05, 0.1) is 4.92 Å². The fourth-order valence-corrected chi connectivity index (χ4v) is 2.67. The maximum absolute atomic E-state index is 10.8. The normalized spacial score (nSPS) is 12.3. The van der Waals surface area contributed by atoms with Crippen molar-refractivity contribution in [2.45, 2.75) is 30.8 Å². The number of rotatable bonds is 5. The molecule has 0 spiro atoms. The van der Waals surface area contributed by atoms with Gasteiger partial charge in [0.2, 0.25) is 0 Å². The first-order chi connectivity index (χ1) is 9.11. The molecule has 0 radical (unpaired) electrons. The summed E-state index contributed by atoms with van der Waals surface area (Å²) >= 11 is 1.54. The van der Waals surface area contributed by atoms with Crippen molar-refractivity contribution < 1.29 is 4.92 Å². The Labute approximate surface area is 115 Å². The zero-order valence-corrected chi connectivity index (χ0v) is 11.5. The van der Waals surface area contributed by atoms with E-state index in [9.17, 15) is 10.1 Å². The van der Waals surface area contributed by atoms with Gasteiger partial charge in [-0.15, -0.1) is 10.2 Å². The fraction of sp³-hybridized carbons (Fsp3) is 0.333. The molecule has 2 rings (SSSR count). The summed E-state index contributed by atoms with van der Waals surface area (Å²) < 4.78 is 1.94. The Morgan fingerprint density at radius 3 is 3.00 bits per heavy atom. The van der Waals surface area contributed by atoms with Crippen LogP contribution in [0.3, 0.4) is 0 Å². The summed E-state index contributed by atoms with van der Waals surface area (Å²) in [6, 6.07) is 6.69. The number of hydrogen-bond donors (Lipinski definition) is 0. The fourth-order valence-electron chi connectivity index (χ4n) is 1.67. The van der Waals surface area contributed by atoms with Gasteiger partial charge in [0, 0.05) is 23.9 Å². The predicted molar refractivity (Wildman–Crippen MR) is 73.1 cm³/mol. The lowest BCUT2D eigenvalue weighted by molar-refractivity contribution is -0.384. The summed E-state index contributed by atoms with van der Waals surface area (Å²) in [6.07, 6.45) is 1.68. The molecule has 0 aliphatic carbocycles. The standard InChI is InChI=1S/C12H14N4O2S/c1-3-15-8-13-14-12(15)19-9(2)10-5-4-6-11(7-10)16(17)18/h4-9H,3H2,1-2H3/t9-/m0/s1. The Kier molecular flexibility index (Phi) is 4.16. The first kappa shape index (κ1) is 13.5. The molecule has 0 saturated heterocycles. The van der Waals surface area contributed by atoms with Crippen molar-refractivity contribution in [3.63, 3.8) is 0 Å². The lowest BCUT2D eigenvalue weighted by Crippen LogP contribution is -1.97. The third kappa shape index (κ3) is 3.11. The van der Waals surface area contributed by atoms with Crippen LogP contribution >= 0.6 is 11.8 Å². The van der Waals surface area contributed by atoms with Crippen molar-refractivity contribution in [3.05, 3.63) is 46.3 Å². The molecule has 0 bridgehead atoms. The van der Waals surface area contributed by atoms with Gasteiger partial charge in [-0.1, -0.05) is 23.9 Å². The lowest BCUT2D eigenvalue weighted by atomic mass is 10.1. The topological polar surface area (TPSA) is 73.8 Å². The Bertz CT molecular complexity index is 585. The van der Waals surface area contributed by atoms with Gasteiger partial charge in [0.15, 0.2) is 5.16 Å². The number of thioether (sulfide) groups is 1. The van der Waals surface area contributed by atoms with E-state index < -0.39 is 0 Å². The van der Waals surface area contributed by atoms with Crippen LogP contribution in [0.2, 0.25) is 0 Å². The van der Waals surface area contributed by atoms with Gasteiger partial charge in [0.1, 0.15) is 6.33 Å². The largest absolute Gasteiger partial charge is 0.309 e. The average Bonchev–Trinajstić information content (AvgIpc) is 2.86. The Balaban J connectivity index is 2.18. The number of aryl methyl sites for hydroxylation is 1. The van der Waals surface area contributed by atoms with Crippen LogP contribution in [0.4, 0.5) is 5.69 Å². The quantitative estimate of drug-likeness (QED) is 0.477. The number of non-ortho nitro benzene ring substituents is 1. The lowest BCUT2D eigenvalue weighted by Gasteiger charge is -2.11. The van der Waals surface area contributed by atoms with E-state index in [4.69, 9.17) is 0 Å². The summed E-state index contributed by atoms with van der Waals surface area (Å²) in [5.74, 6) is 0. The number of aromatic nitrogens is 3. The molecule has 1 heterocycles. The number of benzene rings is 1. The summed E-state index contributed by atoms with van der Waals surface area (Å²) in [6.45, 7) is 4.82. The molecule has 0 amide bonds. The molecule has 1 aromatic carbocycles. The molecule has 2 aromatic rings. The number of nitro benzene ring substituents is 1. The van der Waals surface area contributed by atoms with Crippen molar-refractivity contribution in [1.82, 2.24) is 14.8 Å². The second kappa shape index (κ2) is 5.83. The SMILES string of the molecule is CCn1cnnc1S[C@@H](C)c1cccc([N+](=O)[O-])c1. The highest BCUT2D eigenvalue weighted by Gasteiger charge is 2.14. The van der Waals surface area contributed by atoms with Gasteiger partial charge < -0.3 is 4.57 Å². The number of nitro groups is 1. The zero-order valence-electron chi connectivity index (χ0n) is 10.7. The van der Waals surface area contributed by atoms with E-state index in [1.807, 2.05) is 24.5 Å². The third-order valence-electron chi connectivity index (χ3n) is 2.75. The molecule has 0 aliphatic heterocycles. The predicted octanol–water partition coefficient (Wildman–Crippen LogP) is 3.06. The summed E-state index contributed by atoms with van der Waals surface area (Å²) in [4.78, 5) is 10.4. The van der Waals surface area contributed by atoms with E-state index in [1.165, 1.54) is 6.07 Å². The van der Waals surface area contributed by atoms with Crippen LogP contribution in [0.5, 0.6) is 0 Å². The molecule has 1 aromatic heterocycles. The van der Waals surface area contributed by atoms with Gasteiger partial charge in [0.25, 0.3) is 5.69 Å². The first-order valence-corrected chi connectivity index (χ1v) is 6.78. The van der Waals surface area contributed by atoms with E-state index in [2.05, 4.69) is 10.2 Å². The van der Waals surface area contributed by atoms with Crippen molar-refractivity contribution >= 4 is 17.4 Å². The molecule has 19 heavy (non-hydrogen) atoms. The van der Waals surface area contributed by atoms with Crippen LogP contribution in [-0.2, 0) is 6.54 Å². The smallest absolute Gasteiger partial charge is 0.269 e. The molecule has 0 N–H and O–H groups in total. The van der Waals surface area contributed by atoms with Crippen LogP contribution < -0.4 is 0 Å². The molecule has 0 fully saturated rings. The first-order valence-electron chi connectivity index (χ1n) is 5.90. The molecule has 1 atom stereocenters. The molecule has 0 aliphatic rings. The Morgan fingerprint density at radius 2 is 2.32 bits per heavy atom. The number of hydrogen-bond acceptors (Lipinski definition) is 5. The second-order valence-electron chi connectivity index (χ2n) is 4.01. The highest BCUT2D eigenvalue weighted by Crippen LogP contribution is 2.34. The molecule has 0 saturated carbocycles. The molecular weight excluding hydrogens is 264 g/mol. The molecule has 6 nitrogen and oxygen atoms in total. The van der Waals surface area contributed by atoms with E-state index in [-0.39, 0.29) is 15.9 Å². The maximum atomic E-state index is 10.8. The monoisotopic (exact) mass is 278 g/mol. The minimum atomic E-state index is -0.380. The van der Waals surface area contributed by atoms with E-state index in [0.717, 1.165) is 17.3 Å². The van der Waals surface area contributed by atoms with Crippen molar-refractivity contribution in [3.8, 4) is 0 Å². The van der Waals surface area contributed by atoms with Gasteiger partial charge in [-0.25, -0.2) is 0 Å². The Hall–Kier alpha value is -1.89. The van der Waals surface area contributed by atoms with Crippen LogP contribution in [0.15, 0.2) is 35.7 Å². The van der Waals surface area contributed by atoms with Crippen LogP contribution in [0, 0.1) is 10.1 Å². The number of nitrogens with zero attached hydrogens (tertiary/aromatic N) is 4. The van der Waals surface area contributed by atoms with E-state index in [0.29, 0.717) is 0 Å². The van der Waals surface area contributed by atoms with Crippen LogP contribution in [0.1, 0.15) is 24.7 Å². The molecular formula is C12H14N4O2S. The van der Waals surface area contributed by atoms with Gasteiger partial charge in [-0.2, -0.15) is 0 Å². The zero-order chi connectivity index (χ0) is 13.8.